The number of nitrogens with zero attached hydrogens (tertiary/aromatic N) is 7. The molecule has 0 radical (unpaired) electrons. The summed E-state index contributed by atoms with van der Waals surface area (Å²) in [5.41, 5.74) is 2.47. The Bertz CT molecular complexity index is 1960. The fourth-order valence-corrected chi connectivity index (χ4v) is 4.52. The molecule has 39 heavy (non-hydrogen) atoms. The quantitative estimate of drug-likeness (QED) is 0.267. The summed E-state index contributed by atoms with van der Waals surface area (Å²) >= 11 is 0. The highest BCUT2D eigenvalue weighted by atomic mass is 19.4. The lowest BCUT2D eigenvalue weighted by Crippen LogP contribution is -2.05. The van der Waals surface area contributed by atoms with Crippen LogP contribution in [0, 0.1) is 22.7 Å². The van der Waals surface area contributed by atoms with Crippen molar-refractivity contribution >= 4 is 21.8 Å². The zero-order chi connectivity index (χ0) is 27.1. The third kappa shape index (κ3) is 4.10. The number of hydrogen-bond acceptors (Lipinski definition) is 6. The van der Waals surface area contributed by atoms with Crippen LogP contribution in [0.5, 0.6) is 0 Å². The Kier molecular flexibility index (Phi) is 5.51. The van der Waals surface area contributed by atoms with Gasteiger partial charge in [-0.2, -0.15) is 23.7 Å². The van der Waals surface area contributed by atoms with Crippen molar-refractivity contribution in [2.24, 2.45) is 0 Å². The molecule has 0 unspecified atom stereocenters. The number of fused-ring (bicyclic) bond motifs is 3. The fraction of sp³-hybridized carbons (Fsp3) is 0.0345. The van der Waals surface area contributed by atoms with E-state index in [0.29, 0.717) is 44.6 Å². The van der Waals surface area contributed by atoms with Crippen LogP contribution in [0.2, 0.25) is 0 Å². The minimum absolute atomic E-state index is 0.261. The zero-order valence-electron chi connectivity index (χ0n) is 19.8. The van der Waals surface area contributed by atoms with E-state index in [-0.39, 0.29) is 11.4 Å². The maximum atomic E-state index is 13.7. The van der Waals surface area contributed by atoms with E-state index in [4.69, 9.17) is 5.26 Å². The van der Waals surface area contributed by atoms with Crippen LogP contribution in [-0.2, 0) is 6.18 Å². The third-order valence-corrected chi connectivity index (χ3v) is 6.30. The van der Waals surface area contributed by atoms with Crippen LogP contribution in [0.15, 0.2) is 85.5 Å². The van der Waals surface area contributed by atoms with Crippen LogP contribution >= 0.6 is 0 Å². The molecule has 3 aromatic carbocycles. The van der Waals surface area contributed by atoms with Gasteiger partial charge in [-0.3, -0.25) is 0 Å². The van der Waals surface area contributed by atoms with Gasteiger partial charge in [0.1, 0.15) is 12.1 Å². The molecule has 3 aromatic heterocycles. The van der Waals surface area contributed by atoms with Crippen LogP contribution < -0.4 is 0 Å². The molecular formula is C29H14F3N7. The predicted molar refractivity (Wildman–Crippen MR) is 137 cm³/mol. The van der Waals surface area contributed by atoms with Gasteiger partial charge in [-0.05, 0) is 36.4 Å². The molecule has 0 saturated carbocycles. The first-order valence-corrected chi connectivity index (χ1v) is 11.6. The van der Waals surface area contributed by atoms with E-state index in [1.165, 1.54) is 30.9 Å². The molecule has 0 amide bonds. The summed E-state index contributed by atoms with van der Waals surface area (Å²) in [4.78, 5) is 17.2. The topological polar surface area (TPSA) is 104 Å². The van der Waals surface area contributed by atoms with E-state index in [9.17, 15) is 18.4 Å². The first-order chi connectivity index (χ1) is 18.9. The number of hydrogen-bond donors (Lipinski definition) is 0. The number of aromatic nitrogens is 5. The Hall–Kier alpha value is -5.61. The van der Waals surface area contributed by atoms with Gasteiger partial charge < -0.3 is 4.57 Å². The Morgan fingerprint density at radius 3 is 1.92 bits per heavy atom. The Labute approximate surface area is 219 Å². The van der Waals surface area contributed by atoms with Crippen molar-refractivity contribution < 1.29 is 13.2 Å². The minimum Gasteiger partial charge on any atom is -0.308 e. The smallest absolute Gasteiger partial charge is 0.308 e. The van der Waals surface area contributed by atoms with Gasteiger partial charge in [-0.15, -0.1) is 0 Å². The molecule has 0 saturated heterocycles. The average Bonchev–Trinajstić information content (AvgIpc) is 3.30. The van der Waals surface area contributed by atoms with E-state index < -0.39 is 11.7 Å². The third-order valence-electron chi connectivity index (χ3n) is 6.30. The van der Waals surface area contributed by atoms with E-state index in [1.54, 1.807) is 22.8 Å². The maximum Gasteiger partial charge on any atom is 0.416 e. The Morgan fingerprint density at radius 1 is 0.667 bits per heavy atom. The second-order valence-corrected chi connectivity index (χ2v) is 8.63. The van der Waals surface area contributed by atoms with Crippen LogP contribution in [-0.4, -0.2) is 24.5 Å². The molecule has 0 aliphatic carbocycles. The molecule has 6 rings (SSSR count). The zero-order valence-corrected chi connectivity index (χ0v) is 19.8. The van der Waals surface area contributed by atoms with Crippen LogP contribution in [0.25, 0.3) is 50.3 Å². The average molecular weight is 517 g/mol. The van der Waals surface area contributed by atoms with Gasteiger partial charge in [-0.1, -0.05) is 24.3 Å². The van der Waals surface area contributed by atoms with E-state index >= 15 is 0 Å². The monoisotopic (exact) mass is 517 g/mol. The summed E-state index contributed by atoms with van der Waals surface area (Å²) in [6.45, 7) is 0. The lowest BCUT2D eigenvalue weighted by molar-refractivity contribution is -0.137. The highest BCUT2D eigenvalue weighted by molar-refractivity contribution is 6.10. The van der Waals surface area contributed by atoms with E-state index in [0.717, 1.165) is 17.5 Å². The molecule has 7 nitrogen and oxygen atoms in total. The molecule has 0 aliphatic rings. The molecule has 0 fully saturated rings. The number of para-hydroxylation sites is 1. The summed E-state index contributed by atoms with van der Waals surface area (Å²) < 4.78 is 42.9. The van der Waals surface area contributed by atoms with Crippen LogP contribution in [0.1, 0.15) is 16.7 Å². The van der Waals surface area contributed by atoms with Crippen molar-refractivity contribution in [3.8, 4) is 40.6 Å². The van der Waals surface area contributed by atoms with E-state index in [1.807, 2.05) is 36.4 Å². The van der Waals surface area contributed by atoms with Gasteiger partial charge in [0.15, 0.2) is 11.6 Å². The van der Waals surface area contributed by atoms with Crippen molar-refractivity contribution in [2.45, 2.75) is 6.18 Å². The summed E-state index contributed by atoms with van der Waals surface area (Å²) in [5, 5.41) is 19.7. The SMILES string of the molecule is N#Cc1cnc(-c2ccc(-n3c4ccccc4c4ccc(C(F)(F)F)cc43)c(-c3ncc(C#N)cn3)c2)nc1. The number of rotatable bonds is 3. The van der Waals surface area contributed by atoms with Crippen molar-refractivity contribution in [2.75, 3.05) is 0 Å². The van der Waals surface area contributed by atoms with Gasteiger partial charge in [0.25, 0.3) is 0 Å². The van der Waals surface area contributed by atoms with Gasteiger partial charge >= 0.3 is 6.18 Å². The Balaban J connectivity index is 1.67. The second kappa shape index (κ2) is 9.05. The van der Waals surface area contributed by atoms with Gasteiger partial charge in [0, 0.05) is 46.7 Å². The molecule has 0 aliphatic heterocycles. The number of nitriles is 2. The maximum absolute atomic E-state index is 13.7. The summed E-state index contributed by atoms with van der Waals surface area (Å²) in [6, 6.07) is 20.2. The minimum atomic E-state index is -4.52. The summed E-state index contributed by atoms with van der Waals surface area (Å²) in [5.74, 6) is 0.606. The first kappa shape index (κ1) is 23.8. The number of benzene rings is 3. The second-order valence-electron chi connectivity index (χ2n) is 8.63. The lowest BCUT2D eigenvalue weighted by atomic mass is 10.1. The standard InChI is InChI=1S/C29H14F3N7/c30-29(31,32)20-6-7-22-21-3-1-2-4-24(21)39(26(22)10-20)25-8-5-19(27-35-13-17(11-33)14-36-27)9-23(25)28-37-15-18(12-34)16-38-28/h1-10,13-16H. The molecule has 3 heterocycles. The highest BCUT2D eigenvalue weighted by Gasteiger charge is 2.31. The molecule has 6 aromatic rings. The van der Waals surface area contributed by atoms with Crippen molar-refractivity contribution in [3.05, 3.63) is 102 Å². The summed E-state index contributed by atoms with van der Waals surface area (Å²) in [7, 11) is 0. The molecule has 0 spiro atoms. The molecular weight excluding hydrogens is 503 g/mol. The van der Waals surface area contributed by atoms with Crippen molar-refractivity contribution in [1.29, 1.82) is 10.5 Å². The largest absolute Gasteiger partial charge is 0.416 e. The molecule has 0 atom stereocenters. The van der Waals surface area contributed by atoms with Crippen LogP contribution in [0.3, 0.4) is 0 Å². The number of halogens is 3. The highest BCUT2D eigenvalue weighted by Crippen LogP contribution is 2.39. The lowest BCUT2D eigenvalue weighted by Gasteiger charge is -2.15. The summed E-state index contributed by atoms with van der Waals surface area (Å²) in [6.07, 6.45) is 1.04. The predicted octanol–water partition coefficient (Wildman–Crippen LogP) is 6.46. The number of alkyl halides is 3. The van der Waals surface area contributed by atoms with Gasteiger partial charge in [0.05, 0.1) is 33.4 Å². The first-order valence-electron chi connectivity index (χ1n) is 11.6. The molecule has 186 valence electrons. The van der Waals surface area contributed by atoms with Crippen LogP contribution in [0.4, 0.5) is 13.2 Å². The van der Waals surface area contributed by atoms with Gasteiger partial charge in [0.2, 0.25) is 0 Å². The fourth-order valence-electron chi connectivity index (χ4n) is 4.52. The van der Waals surface area contributed by atoms with Crippen molar-refractivity contribution in [3.63, 3.8) is 0 Å². The Morgan fingerprint density at radius 2 is 1.28 bits per heavy atom. The van der Waals surface area contributed by atoms with E-state index in [2.05, 4.69) is 19.9 Å². The van der Waals surface area contributed by atoms with Crippen molar-refractivity contribution in [1.82, 2.24) is 24.5 Å². The molecule has 0 bridgehead atoms. The molecule has 0 N–H and O–H groups in total. The normalized spacial score (nSPS) is 11.4. The van der Waals surface area contributed by atoms with Gasteiger partial charge in [-0.25, -0.2) is 19.9 Å². The molecule has 10 heteroatoms.